The van der Waals surface area contributed by atoms with E-state index in [9.17, 15) is 13.2 Å². The van der Waals surface area contributed by atoms with Crippen molar-refractivity contribution in [1.29, 1.82) is 0 Å². The van der Waals surface area contributed by atoms with Gasteiger partial charge in [0, 0.05) is 24.4 Å². The van der Waals surface area contributed by atoms with E-state index < -0.39 is 11.9 Å². The Bertz CT molecular complexity index is 1370. The highest BCUT2D eigenvalue weighted by Gasteiger charge is 2.45. The summed E-state index contributed by atoms with van der Waals surface area (Å²) in [5.74, 6) is 0.506. The van der Waals surface area contributed by atoms with Crippen LogP contribution >= 0.6 is 0 Å². The molecule has 4 aromatic rings. The third-order valence-electron chi connectivity index (χ3n) is 6.73. The summed E-state index contributed by atoms with van der Waals surface area (Å²) in [5, 5.41) is 14.3. The second kappa shape index (κ2) is 11.1. The van der Waals surface area contributed by atoms with Gasteiger partial charge in [-0.05, 0) is 40.3 Å². The molecule has 0 unspecified atom stereocenters. The van der Waals surface area contributed by atoms with Gasteiger partial charge in [0.1, 0.15) is 5.70 Å². The zero-order valence-electron chi connectivity index (χ0n) is 21.1. The van der Waals surface area contributed by atoms with Gasteiger partial charge in [-0.1, -0.05) is 92.2 Å². The first-order valence-corrected chi connectivity index (χ1v) is 12.7. The predicted octanol–water partition coefficient (Wildman–Crippen LogP) is 6.43. The molecule has 0 amide bonds. The molecular weight excluding hydrogens is 489 g/mol. The topological polar surface area (TPSA) is 60.9 Å². The van der Waals surface area contributed by atoms with Crippen molar-refractivity contribution in [3.63, 3.8) is 0 Å². The van der Waals surface area contributed by atoms with E-state index in [0.29, 0.717) is 43.9 Å². The molecule has 5 rings (SSSR count). The Kier molecular flexibility index (Phi) is 7.44. The van der Waals surface area contributed by atoms with Gasteiger partial charge in [0.2, 0.25) is 5.82 Å². The van der Waals surface area contributed by atoms with Crippen LogP contribution < -0.4 is 0 Å². The van der Waals surface area contributed by atoms with E-state index in [-0.39, 0.29) is 6.67 Å². The molecule has 2 heterocycles. The lowest BCUT2D eigenvalue weighted by Crippen LogP contribution is -2.33. The standard InChI is InChI=1S/C29H29F3N6/c1-2-8-26-27(29(30,31)32)37(18-17-21-9-4-3-5-10-21)20-38(26)19-22-13-15-23(16-14-22)24-11-6-7-12-25(24)28-33-35-36-34-28/h3-7,9-16H,2,8,17-20H2,1H3,(H,33,34,35,36). The summed E-state index contributed by atoms with van der Waals surface area (Å²) in [4.78, 5) is 3.37. The van der Waals surface area contributed by atoms with E-state index in [1.54, 1.807) is 0 Å². The fraction of sp³-hybridized carbons (Fsp3) is 0.276. The number of aromatic nitrogens is 4. The SMILES string of the molecule is CCCC1=C(C(F)(F)F)N(CCc2ccccc2)CN1Cc1ccc(-c2ccccc2-c2nn[nH]n2)cc1. The predicted molar refractivity (Wildman–Crippen MR) is 140 cm³/mol. The summed E-state index contributed by atoms with van der Waals surface area (Å²) in [5.41, 5.74) is 4.64. The first kappa shape index (κ1) is 25.5. The largest absolute Gasteiger partial charge is 0.432 e. The van der Waals surface area contributed by atoms with Gasteiger partial charge in [-0.15, -0.1) is 10.2 Å². The maximum absolute atomic E-state index is 14.3. The van der Waals surface area contributed by atoms with Gasteiger partial charge in [0.15, 0.2) is 0 Å². The smallest absolute Gasteiger partial charge is 0.351 e. The summed E-state index contributed by atoms with van der Waals surface area (Å²) < 4.78 is 42.8. The first-order valence-electron chi connectivity index (χ1n) is 12.7. The van der Waals surface area contributed by atoms with Crippen molar-refractivity contribution >= 4 is 0 Å². The van der Waals surface area contributed by atoms with Crippen LogP contribution in [0.1, 0.15) is 30.9 Å². The van der Waals surface area contributed by atoms with E-state index >= 15 is 0 Å². The number of tetrazole rings is 1. The van der Waals surface area contributed by atoms with Crippen molar-refractivity contribution in [2.75, 3.05) is 13.2 Å². The minimum atomic E-state index is -4.40. The van der Waals surface area contributed by atoms with Crippen LogP contribution in [0, 0.1) is 0 Å². The Morgan fingerprint density at radius 3 is 2.18 bits per heavy atom. The molecule has 0 saturated heterocycles. The Morgan fingerprint density at radius 2 is 1.53 bits per heavy atom. The number of halogens is 3. The molecule has 1 N–H and O–H groups in total. The van der Waals surface area contributed by atoms with Crippen molar-refractivity contribution in [3.05, 3.63) is 101 Å². The monoisotopic (exact) mass is 518 g/mol. The molecule has 0 spiro atoms. The second-order valence-electron chi connectivity index (χ2n) is 9.36. The van der Waals surface area contributed by atoms with Gasteiger partial charge < -0.3 is 9.80 Å². The number of benzene rings is 3. The lowest BCUT2D eigenvalue weighted by molar-refractivity contribution is -0.110. The molecule has 38 heavy (non-hydrogen) atoms. The molecular formula is C29H29F3N6. The number of hydrogen-bond donors (Lipinski definition) is 1. The first-order chi connectivity index (χ1) is 18.4. The Labute approximate surface area is 219 Å². The highest BCUT2D eigenvalue weighted by molar-refractivity contribution is 5.80. The van der Waals surface area contributed by atoms with Crippen molar-refractivity contribution in [3.8, 4) is 22.5 Å². The highest BCUT2D eigenvalue weighted by atomic mass is 19.4. The quantitative estimate of drug-likeness (QED) is 0.277. The molecule has 0 radical (unpaired) electrons. The summed E-state index contributed by atoms with van der Waals surface area (Å²) in [6.45, 7) is 2.86. The average molecular weight is 519 g/mol. The van der Waals surface area contributed by atoms with Gasteiger partial charge in [-0.3, -0.25) is 0 Å². The molecule has 3 aromatic carbocycles. The Balaban J connectivity index is 1.37. The minimum Gasteiger partial charge on any atom is -0.351 e. The van der Waals surface area contributed by atoms with E-state index in [2.05, 4.69) is 20.6 Å². The third-order valence-corrected chi connectivity index (χ3v) is 6.73. The molecule has 0 aliphatic carbocycles. The van der Waals surface area contributed by atoms with Gasteiger partial charge in [-0.2, -0.15) is 18.4 Å². The van der Waals surface area contributed by atoms with E-state index in [1.165, 1.54) is 4.90 Å². The van der Waals surface area contributed by atoms with Crippen molar-refractivity contribution < 1.29 is 13.2 Å². The summed E-state index contributed by atoms with van der Waals surface area (Å²) in [6.07, 6.45) is -2.82. The van der Waals surface area contributed by atoms with E-state index in [1.807, 2.05) is 90.7 Å². The van der Waals surface area contributed by atoms with Crippen LogP contribution in [0.5, 0.6) is 0 Å². The molecule has 0 fully saturated rings. The summed E-state index contributed by atoms with van der Waals surface area (Å²) in [7, 11) is 0. The summed E-state index contributed by atoms with van der Waals surface area (Å²) >= 11 is 0. The van der Waals surface area contributed by atoms with Crippen LogP contribution in [0.25, 0.3) is 22.5 Å². The van der Waals surface area contributed by atoms with Crippen molar-refractivity contribution in [1.82, 2.24) is 30.4 Å². The van der Waals surface area contributed by atoms with Crippen LogP contribution in [-0.2, 0) is 13.0 Å². The van der Waals surface area contributed by atoms with Crippen LogP contribution in [-0.4, -0.2) is 49.8 Å². The third kappa shape index (κ3) is 5.56. The Hall–Kier alpha value is -4.14. The fourth-order valence-electron chi connectivity index (χ4n) is 5.00. The van der Waals surface area contributed by atoms with Gasteiger partial charge >= 0.3 is 6.18 Å². The molecule has 1 aromatic heterocycles. The fourth-order valence-corrected chi connectivity index (χ4v) is 5.00. The lowest BCUT2D eigenvalue weighted by atomic mass is 9.98. The van der Waals surface area contributed by atoms with Crippen LogP contribution in [0.4, 0.5) is 13.2 Å². The summed E-state index contributed by atoms with van der Waals surface area (Å²) in [6, 6.07) is 25.4. The zero-order valence-corrected chi connectivity index (χ0v) is 21.1. The lowest BCUT2D eigenvalue weighted by Gasteiger charge is -2.25. The second-order valence-corrected chi connectivity index (χ2v) is 9.36. The van der Waals surface area contributed by atoms with Crippen LogP contribution in [0.2, 0.25) is 0 Å². The molecule has 0 saturated carbocycles. The van der Waals surface area contributed by atoms with Gasteiger partial charge in [-0.25, -0.2) is 0 Å². The number of rotatable bonds is 9. The molecule has 6 nitrogen and oxygen atoms in total. The molecule has 0 atom stereocenters. The highest BCUT2D eigenvalue weighted by Crippen LogP contribution is 2.39. The minimum absolute atomic E-state index is 0.222. The zero-order chi connectivity index (χ0) is 26.5. The number of allylic oxidation sites excluding steroid dienone is 2. The molecule has 0 bridgehead atoms. The average Bonchev–Trinajstić information content (AvgIpc) is 3.57. The maximum Gasteiger partial charge on any atom is 0.432 e. The van der Waals surface area contributed by atoms with Crippen LogP contribution in [0.3, 0.4) is 0 Å². The van der Waals surface area contributed by atoms with Gasteiger partial charge in [0.25, 0.3) is 0 Å². The normalized spacial score (nSPS) is 14.0. The number of nitrogens with zero attached hydrogens (tertiary/aromatic N) is 5. The Morgan fingerprint density at radius 1 is 0.816 bits per heavy atom. The van der Waals surface area contributed by atoms with Crippen LogP contribution in [0.15, 0.2) is 90.3 Å². The number of hydrogen-bond acceptors (Lipinski definition) is 5. The van der Waals surface area contributed by atoms with Crippen molar-refractivity contribution in [2.45, 2.75) is 38.9 Å². The number of aromatic amines is 1. The molecule has 196 valence electrons. The van der Waals surface area contributed by atoms with Crippen molar-refractivity contribution in [2.24, 2.45) is 0 Å². The number of nitrogens with one attached hydrogen (secondary N) is 1. The van der Waals surface area contributed by atoms with Gasteiger partial charge in [0.05, 0.1) is 6.67 Å². The number of H-pyrrole nitrogens is 1. The van der Waals surface area contributed by atoms with E-state index in [0.717, 1.165) is 27.8 Å². The van der Waals surface area contributed by atoms with E-state index in [4.69, 9.17) is 0 Å². The number of alkyl halides is 3. The molecule has 1 aliphatic rings. The molecule has 9 heteroatoms. The molecule has 1 aliphatic heterocycles. The maximum atomic E-state index is 14.3.